The first-order valence-corrected chi connectivity index (χ1v) is 11.5. The van der Waals surface area contributed by atoms with Crippen molar-refractivity contribution in [1.29, 1.82) is 0 Å². The minimum absolute atomic E-state index is 0.00164. The lowest BCUT2D eigenvalue weighted by Gasteiger charge is -2.33. The number of amides is 2. The lowest BCUT2D eigenvalue weighted by molar-refractivity contribution is -0.116. The molecule has 172 valence electrons. The smallest absolute Gasteiger partial charge is 0.255 e. The molecule has 0 saturated heterocycles. The highest BCUT2D eigenvalue weighted by Gasteiger charge is 2.33. The average molecular weight is 438 g/mol. The Balaban J connectivity index is 1.52. The van der Waals surface area contributed by atoms with Crippen LogP contribution in [-0.4, -0.2) is 42.5 Å². The Bertz CT molecular complexity index is 909. The van der Waals surface area contributed by atoms with Crippen LogP contribution in [0.4, 0.5) is 11.4 Å². The number of carbonyl (C=O) groups excluding carboxylic acids is 2. The maximum absolute atomic E-state index is 12.5. The number of methoxy groups -OCH3 is 1. The average Bonchev–Trinajstić information content (AvgIpc) is 3.64. The summed E-state index contributed by atoms with van der Waals surface area (Å²) in [5.41, 5.74) is 1.82. The van der Waals surface area contributed by atoms with Gasteiger partial charge in [0.15, 0.2) is 0 Å². The van der Waals surface area contributed by atoms with E-state index in [0.29, 0.717) is 47.1 Å². The monoisotopic (exact) mass is 437 g/mol. The van der Waals surface area contributed by atoms with E-state index in [1.807, 2.05) is 12.1 Å². The molecular weight excluding hydrogens is 402 g/mol. The van der Waals surface area contributed by atoms with Gasteiger partial charge in [-0.25, -0.2) is 0 Å². The first kappa shape index (κ1) is 23.8. The number of hydrogen-bond donors (Lipinski definition) is 2. The molecule has 1 saturated carbocycles. The van der Waals surface area contributed by atoms with Crippen molar-refractivity contribution >= 4 is 23.2 Å². The first-order valence-electron chi connectivity index (χ1n) is 11.5. The summed E-state index contributed by atoms with van der Waals surface area (Å²) in [5, 5.41) is 5.81. The second-order valence-corrected chi connectivity index (χ2v) is 8.63. The van der Waals surface area contributed by atoms with Gasteiger partial charge in [-0.1, -0.05) is 32.4 Å². The van der Waals surface area contributed by atoms with E-state index in [1.165, 1.54) is 12.8 Å². The summed E-state index contributed by atoms with van der Waals surface area (Å²) in [7, 11) is 1.57. The topological polar surface area (TPSA) is 70.7 Å². The maximum atomic E-state index is 12.5. The normalized spacial score (nSPS) is 15.2. The van der Waals surface area contributed by atoms with Gasteiger partial charge < -0.3 is 15.4 Å². The largest absolute Gasteiger partial charge is 0.495 e. The molecule has 3 rings (SSSR count). The Morgan fingerprint density at radius 3 is 2.38 bits per heavy atom. The van der Waals surface area contributed by atoms with Gasteiger partial charge in [-0.3, -0.25) is 14.5 Å². The van der Waals surface area contributed by atoms with Crippen LogP contribution in [0.3, 0.4) is 0 Å². The van der Waals surface area contributed by atoms with Crippen molar-refractivity contribution < 1.29 is 14.3 Å². The van der Waals surface area contributed by atoms with Gasteiger partial charge in [-0.2, -0.15) is 0 Å². The fourth-order valence-corrected chi connectivity index (χ4v) is 3.89. The van der Waals surface area contributed by atoms with Gasteiger partial charge in [0.25, 0.3) is 5.91 Å². The van der Waals surface area contributed by atoms with E-state index in [2.05, 4.69) is 36.3 Å². The van der Waals surface area contributed by atoms with Gasteiger partial charge >= 0.3 is 0 Å². The maximum Gasteiger partial charge on any atom is 0.255 e. The minimum Gasteiger partial charge on any atom is -0.495 e. The van der Waals surface area contributed by atoms with E-state index in [-0.39, 0.29) is 11.8 Å². The first-order chi connectivity index (χ1) is 15.4. The van der Waals surface area contributed by atoms with Crippen LogP contribution in [-0.2, 0) is 4.79 Å². The fourth-order valence-electron chi connectivity index (χ4n) is 3.89. The summed E-state index contributed by atoms with van der Waals surface area (Å²) in [6, 6.07) is 15.3. The highest BCUT2D eigenvalue weighted by atomic mass is 16.5. The van der Waals surface area contributed by atoms with E-state index >= 15 is 0 Å². The van der Waals surface area contributed by atoms with Crippen LogP contribution < -0.4 is 15.4 Å². The zero-order chi connectivity index (χ0) is 23.1. The molecule has 2 N–H and O–H groups in total. The molecular formula is C26H35N3O3. The van der Waals surface area contributed by atoms with Gasteiger partial charge in [0.2, 0.25) is 5.91 Å². The van der Waals surface area contributed by atoms with Crippen molar-refractivity contribution in [3.63, 3.8) is 0 Å². The van der Waals surface area contributed by atoms with Crippen LogP contribution in [0, 0.1) is 5.92 Å². The second-order valence-electron chi connectivity index (χ2n) is 8.63. The third-order valence-electron chi connectivity index (χ3n) is 6.39. The number of hydrogen-bond acceptors (Lipinski definition) is 4. The molecule has 1 aliphatic carbocycles. The SMILES string of the molecule is CCC(C)C(C)N(CCC(=O)Nc1ccc(C(=O)Nc2ccccc2OC)cc1)C1CC1. The van der Waals surface area contributed by atoms with Crippen LogP contribution in [0.5, 0.6) is 5.75 Å². The molecule has 6 heteroatoms. The Labute approximate surface area is 191 Å². The number of rotatable bonds is 11. The van der Waals surface area contributed by atoms with E-state index in [4.69, 9.17) is 4.74 Å². The van der Waals surface area contributed by atoms with Gasteiger partial charge in [0.05, 0.1) is 12.8 Å². The Hall–Kier alpha value is -2.86. The molecule has 0 bridgehead atoms. The Morgan fingerprint density at radius 1 is 1.06 bits per heavy atom. The number of para-hydroxylation sites is 2. The standard InChI is InChI=1S/C26H35N3O3/c1-5-18(2)19(3)29(22-14-15-22)17-16-25(30)27-21-12-10-20(11-13-21)26(31)28-23-8-6-7-9-24(23)32-4/h6-13,18-19,22H,5,14-17H2,1-4H3,(H,27,30)(H,28,31). The summed E-state index contributed by atoms with van der Waals surface area (Å²) in [5.74, 6) is 0.991. The van der Waals surface area contributed by atoms with Gasteiger partial charge in [-0.15, -0.1) is 0 Å². The number of nitrogens with zero attached hydrogens (tertiary/aromatic N) is 1. The Kier molecular flexibility index (Phi) is 8.28. The molecule has 32 heavy (non-hydrogen) atoms. The molecule has 2 atom stereocenters. The minimum atomic E-state index is -0.230. The van der Waals surface area contributed by atoms with Gasteiger partial charge in [0.1, 0.15) is 5.75 Å². The predicted molar refractivity (Wildman–Crippen MR) is 129 cm³/mol. The Morgan fingerprint density at radius 2 is 1.75 bits per heavy atom. The molecule has 1 aliphatic rings. The summed E-state index contributed by atoms with van der Waals surface area (Å²) < 4.78 is 5.27. The highest BCUT2D eigenvalue weighted by molar-refractivity contribution is 6.05. The number of carbonyl (C=O) groups is 2. The van der Waals surface area contributed by atoms with Gasteiger partial charge in [-0.05, 0) is 62.1 Å². The number of anilines is 2. The number of benzene rings is 2. The zero-order valence-corrected chi connectivity index (χ0v) is 19.6. The summed E-state index contributed by atoms with van der Waals surface area (Å²) in [6.07, 6.45) is 4.09. The lowest BCUT2D eigenvalue weighted by atomic mass is 9.99. The summed E-state index contributed by atoms with van der Waals surface area (Å²) in [6.45, 7) is 7.56. The predicted octanol–water partition coefficient (Wildman–Crippen LogP) is 5.18. The fraction of sp³-hybridized carbons (Fsp3) is 0.462. The molecule has 6 nitrogen and oxygen atoms in total. The lowest BCUT2D eigenvalue weighted by Crippen LogP contribution is -2.40. The van der Waals surface area contributed by atoms with E-state index in [1.54, 1.807) is 43.5 Å². The van der Waals surface area contributed by atoms with E-state index in [9.17, 15) is 9.59 Å². The van der Waals surface area contributed by atoms with Crippen LogP contribution >= 0.6 is 0 Å². The molecule has 2 unspecified atom stereocenters. The molecule has 0 spiro atoms. The van der Waals surface area contributed by atoms with Crippen LogP contribution in [0.1, 0.15) is 56.8 Å². The van der Waals surface area contributed by atoms with E-state index in [0.717, 1.165) is 13.0 Å². The molecule has 0 aromatic heterocycles. The molecule has 0 aliphatic heterocycles. The van der Waals surface area contributed by atoms with Crippen molar-refractivity contribution in [2.75, 3.05) is 24.3 Å². The second kappa shape index (κ2) is 11.1. The zero-order valence-electron chi connectivity index (χ0n) is 19.6. The van der Waals surface area contributed by atoms with E-state index < -0.39 is 0 Å². The van der Waals surface area contributed by atoms with Crippen molar-refractivity contribution in [2.24, 2.45) is 5.92 Å². The van der Waals surface area contributed by atoms with Crippen LogP contribution in [0.2, 0.25) is 0 Å². The molecule has 2 aromatic carbocycles. The number of ether oxygens (including phenoxy) is 1. The third-order valence-corrected chi connectivity index (χ3v) is 6.39. The molecule has 0 heterocycles. The van der Waals surface area contributed by atoms with Crippen LogP contribution in [0.25, 0.3) is 0 Å². The highest BCUT2D eigenvalue weighted by Crippen LogP contribution is 2.31. The molecule has 1 fully saturated rings. The molecule has 0 radical (unpaired) electrons. The molecule has 2 amide bonds. The third kappa shape index (κ3) is 6.33. The van der Waals surface area contributed by atoms with Crippen molar-refractivity contribution in [3.8, 4) is 5.75 Å². The van der Waals surface area contributed by atoms with Crippen molar-refractivity contribution in [3.05, 3.63) is 54.1 Å². The van der Waals surface area contributed by atoms with Crippen LogP contribution in [0.15, 0.2) is 48.5 Å². The number of nitrogens with one attached hydrogen (secondary N) is 2. The van der Waals surface area contributed by atoms with Crippen molar-refractivity contribution in [2.45, 2.75) is 58.5 Å². The van der Waals surface area contributed by atoms with Gasteiger partial charge in [0, 0.05) is 36.3 Å². The summed E-state index contributed by atoms with van der Waals surface area (Å²) >= 11 is 0. The quantitative estimate of drug-likeness (QED) is 0.508. The van der Waals surface area contributed by atoms with Crippen molar-refractivity contribution in [1.82, 2.24) is 4.90 Å². The summed E-state index contributed by atoms with van der Waals surface area (Å²) in [4.78, 5) is 27.6. The molecule has 2 aromatic rings.